The van der Waals surface area contributed by atoms with E-state index in [-0.39, 0.29) is 23.6 Å². The van der Waals surface area contributed by atoms with Crippen LogP contribution in [0.5, 0.6) is 0 Å². The van der Waals surface area contributed by atoms with Gasteiger partial charge in [0, 0.05) is 19.0 Å². The molecule has 0 aromatic carbocycles. The Bertz CT molecular complexity index is 761. The van der Waals surface area contributed by atoms with Gasteiger partial charge in [-0.1, -0.05) is 5.16 Å². The van der Waals surface area contributed by atoms with E-state index in [1.165, 1.54) is 6.92 Å². The molecule has 9 nitrogen and oxygen atoms in total. The first kappa shape index (κ1) is 15.2. The fourth-order valence-electron chi connectivity index (χ4n) is 1.65. The number of hydrogen-bond acceptors (Lipinski definition) is 7. The molecule has 2 heterocycles. The number of furan rings is 1. The summed E-state index contributed by atoms with van der Waals surface area (Å²) in [5.74, 6) is -0.982. The molecule has 21 heavy (non-hydrogen) atoms. The Hall–Kier alpha value is -2.20. The quantitative estimate of drug-likeness (QED) is 0.786. The van der Waals surface area contributed by atoms with E-state index in [1.807, 2.05) is 0 Å². The maximum Gasteiger partial charge on any atom is 0.371 e. The van der Waals surface area contributed by atoms with Gasteiger partial charge >= 0.3 is 5.97 Å². The number of hydrogen-bond donors (Lipinski definition) is 2. The van der Waals surface area contributed by atoms with Crippen LogP contribution in [0.25, 0.3) is 0 Å². The van der Waals surface area contributed by atoms with Crippen molar-refractivity contribution in [3.63, 3.8) is 0 Å². The van der Waals surface area contributed by atoms with Gasteiger partial charge in [0.25, 0.3) is 0 Å². The van der Waals surface area contributed by atoms with Crippen molar-refractivity contribution in [2.24, 2.45) is 0 Å². The van der Waals surface area contributed by atoms with Gasteiger partial charge in [-0.25, -0.2) is 17.9 Å². The van der Waals surface area contributed by atoms with E-state index in [4.69, 9.17) is 14.0 Å². The predicted octanol–water partition coefficient (Wildman–Crippen LogP) is 0.499. The molecule has 0 aliphatic heterocycles. The number of aromatic carboxylic acids is 1. The molecule has 0 amide bonds. The van der Waals surface area contributed by atoms with E-state index < -0.39 is 21.8 Å². The number of carboxylic acids is 1. The summed E-state index contributed by atoms with van der Waals surface area (Å²) in [6.45, 7) is 3.07. The molecule has 0 saturated carbocycles. The summed E-state index contributed by atoms with van der Waals surface area (Å²) >= 11 is 0. The minimum Gasteiger partial charge on any atom is -0.475 e. The first-order valence-electron chi connectivity index (χ1n) is 5.92. The Morgan fingerprint density at radius 2 is 2.14 bits per heavy atom. The standard InChI is InChI=1S/C11H13N3O6S/c1-6-9(5-8(19-6)11(15)16)21(17,18)12-4-3-10-13-7(2)14-20-10/h5,12H,3-4H2,1-2H3,(H,15,16). The van der Waals surface area contributed by atoms with Gasteiger partial charge in [0.2, 0.25) is 21.7 Å². The highest BCUT2D eigenvalue weighted by Crippen LogP contribution is 2.19. The average Bonchev–Trinajstić information content (AvgIpc) is 2.96. The van der Waals surface area contributed by atoms with Gasteiger partial charge in [0.15, 0.2) is 5.82 Å². The minimum absolute atomic E-state index is 0.00790. The number of rotatable bonds is 6. The summed E-state index contributed by atoms with van der Waals surface area (Å²) in [4.78, 5) is 14.5. The van der Waals surface area contributed by atoms with E-state index >= 15 is 0 Å². The van der Waals surface area contributed by atoms with Crippen molar-refractivity contribution in [3.8, 4) is 0 Å². The number of nitrogens with one attached hydrogen (secondary N) is 1. The van der Waals surface area contributed by atoms with E-state index in [0.29, 0.717) is 11.7 Å². The molecule has 0 radical (unpaired) electrons. The average molecular weight is 315 g/mol. The monoisotopic (exact) mass is 315 g/mol. The molecule has 2 N–H and O–H groups in total. The van der Waals surface area contributed by atoms with Gasteiger partial charge in [-0.2, -0.15) is 4.98 Å². The van der Waals surface area contributed by atoms with Crippen molar-refractivity contribution in [1.82, 2.24) is 14.9 Å². The van der Waals surface area contributed by atoms with Crippen LogP contribution in [0.2, 0.25) is 0 Å². The van der Waals surface area contributed by atoms with Crippen molar-refractivity contribution in [3.05, 3.63) is 29.3 Å². The van der Waals surface area contributed by atoms with Crippen LogP contribution in [0.1, 0.15) is 28.0 Å². The lowest BCUT2D eigenvalue weighted by Gasteiger charge is -2.03. The van der Waals surface area contributed by atoms with Crippen LogP contribution in [0.3, 0.4) is 0 Å². The zero-order chi connectivity index (χ0) is 15.6. The Kier molecular flexibility index (Phi) is 4.09. The Balaban J connectivity index is 2.06. The summed E-state index contributed by atoms with van der Waals surface area (Å²) in [7, 11) is -3.86. The third-order valence-corrected chi connectivity index (χ3v) is 4.14. The predicted molar refractivity (Wildman–Crippen MR) is 68.3 cm³/mol. The van der Waals surface area contributed by atoms with Gasteiger partial charge in [-0.3, -0.25) is 0 Å². The second kappa shape index (κ2) is 5.66. The van der Waals surface area contributed by atoms with Gasteiger partial charge in [-0.15, -0.1) is 0 Å². The number of carboxylic acid groups (broad SMARTS) is 1. The second-order valence-electron chi connectivity index (χ2n) is 4.22. The lowest BCUT2D eigenvalue weighted by molar-refractivity contribution is 0.0661. The largest absolute Gasteiger partial charge is 0.475 e. The molecule has 0 bridgehead atoms. The molecule has 0 atom stereocenters. The SMILES string of the molecule is Cc1noc(CCNS(=O)(=O)c2cc(C(=O)O)oc2C)n1. The summed E-state index contributed by atoms with van der Waals surface area (Å²) in [5, 5.41) is 12.4. The fourth-order valence-corrected chi connectivity index (χ4v) is 2.86. The van der Waals surface area contributed by atoms with Gasteiger partial charge in [0.1, 0.15) is 10.7 Å². The summed E-state index contributed by atoms with van der Waals surface area (Å²) in [5.41, 5.74) is 0. The highest BCUT2D eigenvalue weighted by atomic mass is 32.2. The van der Waals surface area contributed by atoms with Gasteiger partial charge < -0.3 is 14.0 Å². The number of sulfonamides is 1. The van der Waals surface area contributed by atoms with Crippen LogP contribution in [0, 0.1) is 13.8 Å². The van der Waals surface area contributed by atoms with Crippen LogP contribution in [0.15, 0.2) is 19.9 Å². The Labute approximate surface area is 120 Å². The molecule has 0 saturated heterocycles. The molecule has 0 fully saturated rings. The van der Waals surface area contributed by atoms with Crippen LogP contribution in [-0.2, 0) is 16.4 Å². The first-order valence-corrected chi connectivity index (χ1v) is 7.40. The topological polar surface area (TPSA) is 136 Å². The van der Waals surface area contributed by atoms with E-state index in [9.17, 15) is 13.2 Å². The fraction of sp³-hybridized carbons (Fsp3) is 0.364. The second-order valence-corrected chi connectivity index (χ2v) is 5.95. The maximum absolute atomic E-state index is 12.1. The molecule has 10 heteroatoms. The molecular formula is C11H13N3O6S. The normalized spacial score (nSPS) is 11.7. The van der Waals surface area contributed by atoms with Gasteiger partial charge in [-0.05, 0) is 13.8 Å². The number of nitrogens with zero attached hydrogens (tertiary/aromatic N) is 2. The molecule has 0 spiro atoms. The van der Waals surface area contributed by atoms with Crippen molar-refractivity contribution < 1.29 is 27.3 Å². The summed E-state index contributed by atoms with van der Waals surface area (Å²) in [6.07, 6.45) is 0.225. The molecule has 2 rings (SSSR count). The molecule has 2 aromatic rings. The minimum atomic E-state index is -3.86. The summed E-state index contributed by atoms with van der Waals surface area (Å²) < 4.78 is 36.1. The number of aryl methyl sites for hydroxylation is 2. The van der Waals surface area contributed by atoms with Crippen molar-refractivity contribution in [2.75, 3.05) is 6.54 Å². The molecule has 114 valence electrons. The van der Waals surface area contributed by atoms with Crippen molar-refractivity contribution in [1.29, 1.82) is 0 Å². The smallest absolute Gasteiger partial charge is 0.371 e. The first-order chi connectivity index (χ1) is 9.79. The zero-order valence-corrected chi connectivity index (χ0v) is 12.1. The maximum atomic E-state index is 12.1. The molecule has 0 aliphatic rings. The molecule has 0 unspecified atom stereocenters. The van der Waals surface area contributed by atoms with Crippen molar-refractivity contribution in [2.45, 2.75) is 25.2 Å². The Morgan fingerprint density at radius 1 is 1.43 bits per heavy atom. The third kappa shape index (κ3) is 3.47. The number of carbonyl (C=O) groups is 1. The van der Waals surface area contributed by atoms with Crippen LogP contribution >= 0.6 is 0 Å². The Morgan fingerprint density at radius 3 is 2.67 bits per heavy atom. The highest BCUT2D eigenvalue weighted by molar-refractivity contribution is 7.89. The van der Waals surface area contributed by atoms with E-state index in [1.54, 1.807) is 6.92 Å². The van der Waals surface area contributed by atoms with Crippen molar-refractivity contribution >= 4 is 16.0 Å². The third-order valence-electron chi connectivity index (χ3n) is 2.57. The van der Waals surface area contributed by atoms with Crippen LogP contribution < -0.4 is 4.72 Å². The van der Waals surface area contributed by atoms with E-state index in [0.717, 1.165) is 6.07 Å². The molecule has 2 aromatic heterocycles. The highest BCUT2D eigenvalue weighted by Gasteiger charge is 2.23. The van der Waals surface area contributed by atoms with Crippen LogP contribution in [-0.4, -0.2) is 36.2 Å². The lowest BCUT2D eigenvalue weighted by atomic mass is 10.4. The van der Waals surface area contributed by atoms with Crippen LogP contribution in [0.4, 0.5) is 0 Å². The zero-order valence-electron chi connectivity index (χ0n) is 11.3. The molecule has 0 aliphatic carbocycles. The lowest BCUT2D eigenvalue weighted by Crippen LogP contribution is -2.26. The molecular weight excluding hydrogens is 302 g/mol. The van der Waals surface area contributed by atoms with E-state index in [2.05, 4.69) is 14.9 Å². The van der Waals surface area contributed by atoms with Gasteiger partial charge in [0.05, 0.1) is 0 Å². The number of aromatic nitrogens is 2. The summed E-state index contributed by atoms with van der Waals surface area (Å²) in [6, 6.07) is 0.969.